The molecular formula is C12H10N2O4. The van der Waals surface area contributed by atoms with Crippen molar-refractivity contribution >= 4 is 23.1 Å². The van der Waals surface area contributed by atoms with Gasteiger partial charge < -0.3 is 0 Å². The van der Waals surface area contributed by atoms with Crippen molar-refractivity contribution in [2.45, 2.75) is 13.8 Å². The molecule has 0 saturated carbocycles. The number of nitro benzene ring substituents is 1. The Morgan fingerprint density at radius 3 is 2.33 bits per heavy atom. The van der Waals surface area contributed by atoms with E-state index in [0.717, 1.165) is 6.08 Å². The van der Waals surface area contributed by atoms with Gasteiger partial charge in [0.2, 0.25) is 0 Å². The van der Waals surface area contributed by atoms with E-state index in [1.54, 1.807) is 19.9 Å². The van der Waals surface area contributed by atoms with Crippen LogP contribution >= 0.6 is 0 Å². The summed E-state index contributed by atoms with van der Waals surface area (Å²) in [5.74, 6) is -1.03. The smallest absolute Gasteiger partial charge is 0.272 e. The van der Waals surface area contributed by atoms with Crippen LogP contribution in [0.2, 0.25) is 0 Å². The Morgan fingerprint density at radius 1 is 1.17 bits per heavy atom. The van der Waals surface area contributed by atoms with Crippen LogP contribution in [0.25, 0.3) is 5.57 Å². The minimum Gasteiger partial charge on any atom is -0.289 e. The van der Waals surface area contributed by atoms with E-state index in [2.05, 4.69) is 5.32 Å². The van der Waals surface area contributed by atoms with E-state index < -0.39 is 16.7 Å². The predicted octanol–water partition coefficient (Wildman–Crippen LogP) is 1.25. The average molecular weight is 246 g/mol. The highest BCUT2D eigenvalue weighted by Gasteiger charge is 2.25. The van der Waals surface area contributed by atoms with Crippen molar-refractivity contribution in [3.8, 4) is 0 Å². The Balaban J connectivity index is 2.62. The van der Waals surface area contributed by atoms with Gasteiger partial charge in [0.25, 0.3) is 17.5 Å². The minimum atomic E-state index is -0.527. The number of nitrogens with zero attached hydrogens (tertiary/aromatic N) is 1. The first kappa shape index (κ1) is 12.0. The lowest BCUT2D eigenvalue weighted by molar-refractivity contribution is -0.385. The highest BCUT2D eigenvalue weighted by Crippen LogP contribution is 2.28. The van der Waals surface area contributed by atoms with E-state index in [-0.39, 0.29) is 11.3 Å². The van der Waals surface area contributed by atoms with Crippen molar-refractivity contribution < 1.29 is 14.5 Å². The average Bonchev–Trinajstić information content (AvgIpc) is 2.57. The largest absolute Gasteiger partial charge is 0.289 e. The van der Waals surface area contributed by atoms with Crippen LogP contribution in [0.1, 0.15) is 16.7 Å². The molecule has 92 valence electrons. The van der Waals surface area contributed by atoms with Crippen LogP contribution in [-0.4, -0.2) is 16.7 Å². The number of imide groups is 1. The lowest BCUT2D eigenvalue weighted by Crippen LogP contribution is -2.22. The van der Waals surface area contributed by atoms with E-state index in [9.17, 15) is 19.7 Å². The molecule has 1 aliphatic heterocycles. The number of hydrogen-bond acceptors (Lipinski definition) is 4. The van der Waals surface area contributed by atoms with Gasteiger partial charge in [0, 0.05) is 17.7 Å². The molecule has 1 N–H and O–H groups in total. The van der Waals surface area contributed by atoms with Gasteiger partial charge in [0.1, 0.15) is 0 Å². The zero-order valence-corrected chi connectivity index (χ0v) is 9.81. The van der Waals surface area contributed by atoms with Crippen LogP contribution in [0.3, 0.4) is 0 Å². The topological polar surface area (TPSA) is 89.3 Å². The molecule has 0 spiro atoms. The molecule has 0 aromatic heterocycles. The van der Waals surface area contributed by atoms with Crippen LogP contribution in [0.5, 0.6) is 0 Å². The number of rotatable bonds is 2. The van der Waals surface area contributed by atoms with Crippen LogP contribution in [0, 0.1) is 24.0 Å². The molecule has 6 heteroatoms. The zero-order chi connectivity index (χ0) is 13.4. The van der Waals surface area contributed by atoms with E-state index in [0.29, 0.717) is 16.7 Å². The van der Waals surface area contributed by atoms with Crippen LogP contribution in [-0.2, 0) is 9.59 Å². The molecule has 0 saturated heterocycles. The number of nitro groups is 1. The van der Waals surface area contributed by atoms with E-state index >= 15 is 0 Å². The number of amides is 2. The molecule has 0 radical (unpaired) electrons. The standard InChI is InChI=1S/C12H10N2O4/c1-6-3-7(2)10(14(17)18)4-8(6)9-5-11(15)13-12(9)16/h3-5H,1-2H3,(H,13,15,16). The van der Waals surface area contributed by atoms with Gasteiger partial charge >= 0.3 is 0 Å². The van der Waals surface area contributed by atoms with Crippen molar-refractivity contribution in [2.75, 3.05) is 0 Å². The Labute approximate surface area is 102 Å². The van der Waals surface area contributed by atoms with E-state index in [4.69, 9.17) is 0 Å². The zero-order valence-electron chi connectivity index (χ0n) is 9.81. The molecule has 6 nitrogen and oxygen atoms in total. The maximum atomic E-state index is 11.5. The van der Waals surface area contributed by atoms with Crippen LogP contribution in [0.4, 0.5) is 5.69 Å². The summed E-state index contributed by atoms with van der Waals surface area (Å²) >= 11 is 0. The van der Waals surface area contributed by atoms with Crippen molar-refractivity contribution in [2.24, 2.45) is 0 Å². The summed E-state index contributed by atoms with van der Waals surface area (Å²) in [5, 5.41) is 13.0. The number of hydrogen-bond donors (Lipinski definition) is 1. The van der Waals surface area contributed by atoms with E-state index in [1.807, 2.05) is 0 Å². The molecule has 0 atom stereocenters. The molecule has 2 rings (SSSR count). The number of carbonyl (C=O) groups excluding carboxylic acids is 2. The van der Waals surface area contributed by atoms with Gasteiger partial charge in [-0.25, -0.2) is 0 Å². The number of nitrogens with one attached hydrogen (secondary N) is 1. The van der Waals surface area contributed by atoms with Gasteiger partial charge in [-0.2, -0.15) is 0 Å². The molecule has 18 heavy (non-hydrogen) atoms. The molecule has 1 aromatic rings. The molecule has 0 aliphatic carbocycles. The maximum absolute atomic E-state index is 11.5. The third-order valence-electron chi connectivity index (χ3n) is 2.79. The minimum absolute atomic E-state index is 0.0661. The van der Waals surface area contributed by atoms with E-state index in [1.165, 1.54) is 6.07 Å². The molecule has 0 fully saturated rings. The normalized spacial score (nSPS) is 14.4. The lowest BCUT2D eigenvalue weighted by atomic mass is 9.97. The quantitative estimate of drug-likeness (QED) is 0.483. The predicted molar refractivity (Wildman–Crippen MR) is 63.7 cm³/mol. The highest BCUT2D eigenvalue weighted by atomic mass is 16.6. The lowest BCUT2D eigenvalue weighted by Gasteiger charge is -2.07. The molecule has 0 unspecified atom stereocenters. The molecule has 2 amide bonds. The van der Waals surface area contributed by atoms with Gasteiger partial charge in [-0.1, -0.05) is 0 Å². The summed E-state index contributed by atoms with van der Waals surface area (Å²) < 4.78 is 0. The second-order valence-electron chi connectivity index (χ2n) is 4.09. The summed E-state index contributed by atoms with van der Waals surface area (Å²) in [5.41, 5.74) is 1.75. The second kappa shape index (κ2) is 4.06. The summed E-state index contributed by atoms with van der Waals surface area (Å²) in [4.78, 5) is 33.0. The fraction of sp³-hybridized carbons (Fsp3) is 0.167. The number of carbonyl (C=O) groups is 2. The molecule has 1 aliphatic rings. The van der Waals surface area contributed by atoms with Crippen LogP contribution in [0.15, 0.2) is 18.2 Å². The fourth-order valence-electron chi connectivity index (χ4n) is 1.94. The second-order valence-corrected chi connectivity index (χ2v) is 4.09. The van der Waals surface area contributed by atoms with Gasteiger partial charge in [-0.3, -0.25) is 25.0 Å². The van der Waals surface area contributed by atoms with Gasteiger partial charge in [-0.05, 0) is 31.0 Å². The first-order chi connectivity index (χ1) is 8.40. The Morgan fingerprint density at radius 2 is 1.83 bits per heavy atom. The summed E-state index contributed by atoms with van der Waals surface area (Å²) in [6.07, 6.45) is 1.16. The van der Waals surface area contributed by atoms with Gasteiger partial charge in [0.05, 0.1) is 10.5 Å². The van der Waals surface area contributed by atoms with Crippen molar-refractivity contribution in [3.63, 3.8) is 0 Å². The SMILES string of the molecule is Cc1cc(C)c([N+](=O)[O-])cc1C1=CC(=O)NC1=O. The number of benzene rings is 1. The summed E-state index contributed by atoms with van der Waals surface area (Å²) in [6.45, 7) is 3.37. The summed E-state index contributed by atoms with van der Waals surface area (Å²) in [6, 6.07) is 2.96. The maximum Gasteiger partial charge on any atom is 0.272 e. The molecular weight excluding hydrogens is 236 g/mol. The monoisotopic (exact) mass is 246 g/mol. The summed E-state index contributed by atoms with van der Waals surface area (Å²) in [7, 11) is 0. The van der Waals surface area contributed by atoms with Crippen molar-refractivity contribution in [3.05, 3.63) is 45.0 Å². The molecule has 1 heterocycles. The first-order valence-corrected chi connectivity index (χ1v) is 5.23. The van der Waals surface area contributed by atoms with Gasteiger partial charge in [0.15, 0.2) is 0 Å². The molecule has 0 bridgehead atoms. The Hall–Kier alpha value is -2.50. The third kappa shape index (κ3) is 1.88. The fourth-order valence-corrected chi connectivity index (χ4v) is 1.94. The molecule has 1 aromatic carbocycles. The first-order valence-electron chi connectivity index (χ1n) is 5.23. The Bertz CT molecular complexity index is 617. The van der Waals surface area contributed by atoms with Crippen molar-refractivity contribution in [1.82, 2.24) is 5.32 Å². The van der Waals surface area contributed by atoms with Crippen molar-refractivity contribution in [1.29, 1.82) is 0 Å². The Kier molecular flexibility index (Phi) is 2.70. The third-order valence-corrected chi connectivity index (χ3v) is 2.79. The number of aryl methyl sites for hydroxylation is 2. The highest BCUT2D eigenvalue weighted by molar-refractivity contribution is 6.33. The van der Waals surface area contributed by atoms with Gasteiger partial charge in [-0.15, -0.1) is 0 Å². The van der Waals surface area contributed by atoms with Crippen LogP contribution < -0.4 is 5.32 Å².